The number of nitrogens with zero attached hydrogens (tertiary/aromatic N) is 5. The van der Waals surface area contributed by atoms with Crippen molar-refractivity contribution < 1.29 is 4.79 Å². The number of amides is 1. The average Bonchev–Trinajstić information content (AvgIpc) is 2.78. The average molecular weight is 219 g/mol. The molecule has 16 heavy (non-hydrogen) atoms. The van der Waals surface area contributed by atoms with Crippen molar-refractivity contribution in [1.82, 2.24) is 30.6 Å². The summed E-state index contributed by atoms with van der Waals surface area (Å²) in [5.41, 5.74) is 2.58. The Hall–Kier alpha value is -2.35. The van der Waals surface area contributed by atoms with Crippen LogP contribution in [-0.4, -0.2) is 31.1 Å². The summed E-state index contributed by atoms with van der Waals surface area (Å²) in [6.45, 7) is -0.0731. The van der Waals surface area contributed by atoms with Crippen LogP contribution in [0.25, 0.3) is 11.5 Å². The molecule has 2 aromatic rings. The van der Waals surface area contributed by atoms with E-state index in [1.807, 2.05) is 11.5 Å². The summed E-state index contributed by atoms with van der Waals surface area (Å²) >= 11 is 0. The fourth-order valence-electron chi connectivity index (χ4n) is 1.08. The predicted molar refractivity (Wildman–Crippen MR) is 53.4 cm³/mol. The van der Waals surface area contributed by atoms with Crippen LogP contribution < -0.4 is 11.3 Å². The summed E-state index contributed by atoms with van der Waals surface area (Å²) in [4.78, 5) is 16.1. The van der Waals surface area contributed by atoms with E-state index in [1.165, 1.54) is 0 Å². The summed E-state index contributed by atoms with van der Waals surface area (Å²) in [5.74, 6) is 4.90. The van der Waals surface area contributed by atoms with Gasteiger partial charge in [-0.25, -0.2) is 5.84 Å². The van der Waals surface area contributed by atoms with Crippen LogP contribution in [0.1, 0.15) is 0 Å². The maximum atomic E-state index is 10.9. The smallest absolute Gasteiger partial charge is 0.257 e. The van der Waals surface area contributed by atoms with Crippen LogP contribution in [-0.2, 0) is 11.3 Å². The van der Waals surface area contributed by atoms with Gasteiger partial charge in [0.05, 0.1) is 0 Å². The molecule has 2 heterocycles. The SMILES string of the molecule is NNC(=O)Cn1nnc(-c2ccccn2)n1. The van der Waals surface area contributed by atoms with Crippen molar-refractivity contribution in [3.8, 4) is 11.5 Å². The molecule has 2 aromatic heterocycles. The number of pyridine rings is 1. The first-order valence-corrected chi connectivity index (χ1v) is 4.48. The third-order valence-electron chi connectivity index (χ3n) is 1.79. The van der Waals surface area contributed by atoms with Crippen LogP contribution in [0, 0.1) is 0 Å². The van der Waals surface area contributed by atoms with Crippen LogP contribution >= 0.6 is 0 Å². The molecule has 0 radical (unpaired) electrons. The molecule has 2 rings (SSSR count). The molecule has 0 fully saturated rings. The highest BCUT2D eigenvalue weighted by Gasteiger charge is 2.08. The summed E-state index contributed by atoms with van der Waals surface area (Å²) in [6.07, 6.45) is 1.63. The topological polar surface area (TPSA) is 112 Å². The second-order valence-corrected chi connectivity index (χ2v) is 2.93. The van der Waals surface area contributed by atoms with Crippen LogP contribution in [0.15, 0.2) is 24.4 Å². The van der Waals surface area contributed by atoms with Gasteiger partial charge in [0.1, 0.15) is 12.2 Å². The van der Waals surface area contributed by atoms with Crippen molar-refractivity contribution in [2.75, 3.05) is 0 Å². The first-order chi connectivity index (χ1) is 7.79. The van der Waals surface area contributed by atoms with Crippen molar-refractivity contribution in [3.05, 3.63) is 24.4 Å². The zero-order valence-corrected chi connectivity index (χ0v) is 8.24. The standard InChI is InChI=1S/C8H9N7O/c9-11-7(16)5-15-13-8(12-14-15)6-3-1-2-4-10-6/h1-4H,5,9H2,(H,11,16). The molecule has 3 N–H and O–H groups in total. The first-order valence-electron chi connectivity index (χ1n) is 4.48. The fraction of sp³-hybridized carbons (Fsp3) is 0.125. The third-order valence-corrected chi connectivity index (χ3v) is 1.79. The van der Waals surface area contributed by atoms with Gasteiger partial charge in [0.25, 0.3) is 5.91 Å². The minimum Gasteiger partial charge on any atom is -0.293 e. The number of tetrazole rings is 1. The summed E-state index contributed by atoms with van der Waals surface area (Å²) in [5, 5.41) is 11.5. The van der Waals surface area contributed by atoms with Gasteiger partial charge in [-0.1, -0.05) is 6.07 Å². The van der Waals surface area contributed by atoms with Crippen LogP contribution in [0.2, 0.25) is 0 Å². The Morgan fingerprint density at radius 1 is 1.50 bits per heavy atom. The van der Waals surface area contributed by atoms with Crippen molar-refractivity contribution >= 4 is 5.91 Å². The zero-order chi connectivity index (χ0) is 11.4. The Kier molecular flexibility index (Phi) is 2.83. The van der Waals surface area contributed by atoms with Gasteiger partial charge in [-0.2, -0.15) is 4.80 Å². The molecule has 0 saturated carbocycles. The summed E-state index contributed by atoms with van der Waals surface area (Å²) in [7, 11) is 0. The van der Waals surface area contributed by atoms with Crippen LogP contribution in [0.4, 0.5) is 0 Å². The van der Waals surface area contributed by atoms with Gasteiger partial charge in [-0.15, -0.1) is 10.2 Å². The highest BCUT2D eigenvalue weighted by atomic mass is 16.2. The van der Waals surface area contributed by atoms with E-state index in [1.54, 1.807) is 18.3 Å². The van der Waals surface area contributed by atoms with E-state index >= 15 is 0 Å². The van der Waals surface area contributed by atoms with Crippen molar-refractivity contribution in [2.45, 2.75) is 6.54 Å². The lowest BCUT2D eigenvalue weighted by molar-refractivity contribution is -0.122. The number of carbonyl (C=O) groups is 1. The van der Waals surface area contributed by atoms with Gasteiger partial charge in [-0.05, 0) is 17.3 Å². The molecule has 0 aromatic carbocycles. The quantitative estimate of drug-likeness (QED) is 0.378. The maximum Gasteiger partial charge on any atom is 0.257 e. The molecule has 8 nitrogen and oxygen atoms in total. The molecule has 82 valence electrons. The molecule has 8 heteroatoms. The van der Waals surface area contributed by atoms with Gasteiger partial charge in [-0.3, -0.25) is 15.2 Å². The number of nitrogens with one attached hydrogen (secondary N) is 1. The molecule has 0 atom stereocenters. The number of hydrazine groups is 1. The largest absolute Gasteiger partial charge is 0.293 e. The van der Waals surface area contributed by atoms with E-state index in [0.717, 1.165) is 4.80 Å². The minimum atomic E-state index is -0.398. The van der Waals surface area contributed by atoms with Gasteiger partial charge >= 0.3 is 0 Å². The monoisotopic (exact) mass is 219 g/mol. The first kappa shape index (κ1) is 10.2. The van der Waals surface area contributed by atoms with Gasteiger partial charge in [0.15, 0.2) is 0 Å². The van der Waals surface area contributed by atoms with Crippen molar-refractivity contribution in [1.29, 1.82) is 0 Å². The maximum absolute atomic E-state index is 10.9. The van der Waals surface area contributed by atoms with Crippen LogP contribution in [0.3, 0.4) is 0 Å². The Bertz CT molecular complexity index is 480. The van der Waals surface area contributed by atoms with Crippen molar-refractivity contribution in [3.63, 3.8) is 0 Å². The number of nitrogens with two attached hydrogens (primary N) is 1. The number of aromatic nitrogens is 5. The van der Waals surface area contributed by atoms with E-state index < -0.39 is 5.91 Å². The van der Waals surface area contributed by atoms with Crippen molar-refractivity contribution in [2.24, 2.45) is 5.84 Å². The van der Waals surface area contributed by atoms with Gasteiger partial charge in [0.2, 0.25) is 5.82 Å². The third kappa shape index (κ3) is 2.17. The van der Waals surface area contributed by atoms with E-state index in [0.29, 0.717) is 11.5 Å². The van der Waals surface area contributed by atoms with E-state index in [9.17, 15) is 4.79 Å². The van der Waals surface area contributed by atoms with E-state index in [4.69, 9.17) is 5.84 Å². The zero-order valence-electron chi connectivity index (χ0n) is 8.24. The number of rotatable bonds is 3. The number of hydrogen-bond acceptors (Lipinski definition) is 6. The molecular formula is C8H9N7O. The Morgan fingerprint density at radius 2 is 2.38 bits per heavy atom. The minimum absolute atomic E-state index is 0.0731. The second-order valence-electron chi connectivity index (χ2n) is 2.93. The van der Waals surface area contributed by atoms with Gasteiger partial charge in [0, 0.05) is 6.20 Å². The summed E-state index contributed by atoms with van der Waals surface area (Å²) in [6, 6.07) is 5.36. The number of carbonyl (C=O) groups excluding carboxylic acids is 1. The molecule has 0 unspecified atom stereocenters. The normalized spacial score (nSPS) is 10.1. The lowest BCUT2D eigenvalue weighted by Gasteiger charge is -1.95. The lowest BCUT2D eigenvalue weighted by atomic mass is 10.3. The molecule has 0 aliphatic rings. The summed E-state index contributed by atoms with van der Waals surface area (Å²) < 4.78 is 0. The molecular weight excluding hydrogens is 210 g/mol. The molecule has 0 aliphatic heterocycles. The molecule has 0 bridgehead atoms. The van der Waals surface area contributed by atoms with E-state index in [2.05, 4.69) is 20.4 Å². The highest BCUT2D eigenvalue weighted by Crippen LogP contribution is 2.07. The molecule has 0 aliphatic carbocycles. The second kappa shape index (κ2) is 4.45. The number of hydrogen-bond donors (Lipinski definition) is 2. The molecule has 0 saturated heterocycles. The Morgan fingerprint density at radius 3 is 3.06 bits per heavy atom. The Labute approximate surface area is 90.4 Å². The lowest BCUT2D eigenvalue weighted by Crippen LogP contribution is -2.33. The molecule has 0 spiro atoms. The predicted octanol–water partition coefficient (Wildman–Crippen LogP) is -1.27. The fourth-order valence-corrected chi connectivity index (χ4v) is 1.08. The van der Waals surface area contributed by atoms with Gasteiger partial charge < -0.3 is 0 Å². The Balaban J connectivity index is 2.17. The molecule has 1 amide bonds. The van der Waals surface area contributed by atoms with E-state index in [-0.39, 0.29) is 6.54 Å². The van der Waals surface area contributed by atoms with Crippen LogP contribution in [0.5, 0.6) is 0 Å². The highest BCUT2D eigenvalue weighted by molar-refractivity contribution is 5.74.